The Hall–Kier alpha value is -4.17. The standard InChI is InChI=1S/C33H24Cl2N2O4S/c1-3-40-32(39)28-29(20-7-5-4-6-8-20)36-33-37(30(28)21-11-13-23(34)14-12-21)31(38)27(42-33)18-24-15-16-26(41-24)22-10-9-19(2)25(35)17-22/h4-18,30H,3H2,1-2H3. The van der Waals surface area contributed by atoms with Crippen LogP contribution < -0.4 is 14.9 Å². The average molecular weight is 616 g/mol. The quantitative estimate of drug-likeness (QED) is 0.197. The van der Waals surface area contributed by atoms with Gasteiger partial charge in [0.2, 0.25) is 0 Å². The summed E-state index contributed by atoms with van der Waals surface area (Å²) >= 11 is 13.7. The zero-order valence-electron chi connectivity index (χ0n) is 22.6. The third-order valence-electron chi connectivity index (χ3n) is 6.92. The number of rotatable bonds is 6. The highest BCUT2D eigenvalue weighted by molar-refractivity contribution is 7.07. The van der Waals surface area contributed by atoms with Crippen molar-refractivity contribution in [1.29, 1.82) is 0 Å². The molecule has 1 atom stereocenters. The molecule has 1 aliphatic heterocycles. The Bertz CT molecular complexity index is 2020. The minimum Gasteiger partial charge on any atom is -0.463 e. The molecule has 5 aromatic rings. The Balaban J connectivity index is 1.55. The molecular formula is C33H24Cl2N2O4S. The van der Waals surface area contributed by atoms with Gasteiger partial charge in [-0.2, -0.15) is 0 Å². The smallest absolute Gasteiger partial charge is 0.338 e. The molecule has 42 heavy (non-hydrogen) atoms. The lowest BCUT2D eigenvalue weighted by atomic mass is 9.93. The topological polar surface area (TPSA) is 73.8 Å². The van der Waals surface area contributed by atoms with Crippen molar-refractivity contribution in [2.45, 2.75) is 19.9 Å². The maximum atomic E-state index is 14.0. The van der Waals surface area contributed by atoms with Crippen LogP contribution >= 0.6 is 34.5 Å². The zero-order chi connectivity index (χ0) is 29.4. The Labute approximate surface area is 255 Å². The summed E-state index contributed by atoms with van der Waals surface area (Å²) < 4.78 is 13.5. The van der Waals surface area contributed by atoms with Crippen LogP contribution in [0, 0.1) is 6.92 Å². The molecule has 3 aromatic carbocycles. The third-order valence-corrected chi connectivity index (χ3v) is 8.56. The summed E-state index contributed by atoms with van der Waals surface area (Å²) in [5.41, 5.74) is 3.68. The molecule has 6 nitrogen and oxygen atoms in total. The number of aromatic nitrogens is 1. The molecule has 9 heteroatoms. The molecule has 0 fully saturated rings. The van der Waals surface area contributed by atoms with Gasteiger partial charge in [0.15, 0.2) is 4.80 Å². The van der Waals surface area contributed by atoms with Crippen molar-refractivity contribution < 1.29 is 13.9 Å². The molecule has 3 heterocycles. The molecule has 2 aromatic heterocycles. The number of furan rings is 1. The molecule has 0 radical (unpaired) electrons. The number of nitrogens with zero attached hydrogens (tertiary/aromatic N) is 2. The number of ether oxygens (including phenoxy) is 1. The molecular weight excluding hydrogens is 591 g/mol. The number of halogens is 2. The van der Waals surface area contributed by atoms with E-state index in [2.05, 4.69) is 0 Å². The molecule has 0 N–H and O–H groups in total. The van der Waals surface area contributed by atoms with E-state index in [1.54, 1.807) is 35.8 Å². The summed E-state index contributed by atoms with van der Waals surface area (Å²) in [5, 5.41) is 1.19. The number of hydrogen-bond acceptors (Lipinski definition) is 6. The lowest BCUT2D eigenvalue weighted by Crippen LogP contribution is -2.39. The predicted octanol–water partition coefficient (Wildman–Crippen LogP) is 6.81. The van der Waals surface area contributed by atoms with E-state index in [1.807, 2.05) is 73.7 Å². The van der Waals surface area contributed by atoms with Crippen LogP contribution in [-0.4, -0.2) is 17.1 Å². The van der Waals surface area contributed by atoms with Crippen LogP contribution in [0.3, 0.4) is 0 Å². The molecule has 0 spiro atoms. The largest absolute Gasteiger partial charge is 0.463 e. The van der Waals surface area contributed by atoms with Gasteiger partial charge in [-0.05, 0) is 55.3 Å². The van der Waals surface area contributed by atoms with Crippen molar-refractivity contribution in [3.63, 3.8) is 0 Å². The first-order valence-corrected chi connectivity index (χ1v) is 14.8. The molecule has 0 bridgehead atoms. The van der Waals surface area contributed by atoms with Crippen molar-refractivity contribution in [3.05, 3.63) is 143 Å². The van der Waals surface area contributed by atoms with Crippen molar-refractivity contribution >= 4 is 52.3 Å². The zero-order valence-corrected chi connectivity index (χ0v) is 25.0. The summed E-state index contributed by atoms with van der Waals surface area (Å²) in [5.74, 6) is 0.593. The second-order valence-electron chi connectivity index (χ2n) is 9.65. The van der Waals surface area contributed by atoms with Gasteiger partial charge in [-0.1, -0.05) is 89.1 Å². The van der Waals surface area contributed by atoms with Crippen molar-refractivity contribution in [2.24, 2.45) is 4.99 Å². The van der Waals surface area contributed by atoms with E-state index in [9.17, 15) is 9.59 Å². The van der Waals surface area contributed by atoms with Gasteiger partial charge in [0.05, 0.1) is 28.5 Å². The van der Waals surface area contributed by atoms with Gasteiger partial charge in [0.1, 0.15) is 11.5 Å². The molecule has 210 valence electrons. The number of benzene rings is 3. The van der Waals surface area contributed by atoms with Crippen LogP contribution in [0.2, 0.25) is 10.0 Å². The number of carbonyl (C=O) groups is 1. The van der Waals surface area contributed by atoms with E-state index in [0.717, 1.165) is 16.7 Å². The minimum atomic E-state index is -0.781. The number of carbonyl (C=O) groups excluding carboxylic acids is 1. The fraction of sp³-hybridized carbons (Fsp3) is 0.121. The molecule has 0 saturated carbocycles. The van der Waals surface area contributed by atoms with Crippen LogP contribution in [0.25, 0.3) is 23.1 Å². The first-order valence-electron chi connectivity index (χ1n) is 13.2. The van der Waals surface area contributed by atoms with E-state index in [1.165, 1.54) is 11.3 Å². The molecule has 1 aliphatic rings. The summed E-state index contributed by atoms with van der Waals surface area (Å²) in [4.78, 5) is 32.9. The molecule has 0 saturated heterocycles. The molecule has 0 aliphatic carbocycles. The van der Waals surface area contributed by atoms with Crippen molar-refractivity contribution in [1.82, 2.24) is 4.57 Å². The number of esters is 1. The second kappa shape index (κ2) is 11.6. The summed E-state index contributed by atoms with van der Waals surface area (Å²) in [6.45, 7) is 3.86. The van der Waals surface area contributed by atoms with Gasteiger partial charge in [-0.3, -0.25) is 9.36 Å². The van der Waals surface area contributed by atoms with E-state index in [4.69, 9.17) is 37.3 Å². The van der Waals surface area contributed by atoms with Gasteiger partial charge in [-0.15, -0.1) is 0 Å². The molecule has 6 rings (SSSR count). The van der Waals surface area contributed by atoms with E-state index in [-0.39, 0.29) is 17.7 Å². The van der Waals surface area contributed by atoms with Gasteiger partial charge >= 0.3 is 5.97 Å². The van der Waals surface area contributed by atoms with E-state index < -0.39 is 12.0 Å². The van der Waals surface area contributed by atoms with Crippen molar-refractivity contribution in [3.8, 4) is 11.3 Å². The first kappa shape index (κ1) is 28.0. The van der Waals surface area contributed by atoms with Crippen LogP contribution in [-0.2, 0) is 9.53 Å². The van der Waals surface area contributed by atoms with Crippen LogP contribution in [0.1, 0.15) is 35.4 Å². The fourth-order valence-electron chi connectivity index (χ4n) is 4.86. The highest BCUT2D eigenvalue weighted by atomic mass is 35.5. The Morgan fingerprint density at radius 3 is 2.50 bits per heavy atom. The number of fused-ring (bicyclic) bond motifs is 1. The lowest BCUT2D eigenvalue weighted by molar-refractivity contribution is -0.138. The summed E-state index contributed by atoms with van der Waals surface area (Å²) in [6.07, 6.45) is 1.69. The summed E-state index contributed by atoms with van der Waals surface area (Å²) in [7, 11) is 0. The highest BCUT2D eigenvalue weighted by Gasteiger charge is 2.35. The van der Waals surface area contributed by atoms with Crippen LogP contribution in [0.5, 0.6) is 0 Å². The van der Waals surface area contributed by atoms with Gasteiger partial charge in [0, 0.05) is 27.2 Å². The van der Waals surface area contributed by atoms with Gasteiger partial charge < -0.3 is 9.15 Å². The Morgan fingerprint density at radius 2 is 1.79 bits per heavy atom. The van der Waals surface area contributed by atoms with Gasteiger partial charge in [-0.25, -0.2) is 9.79 Å². The SMILES string of the molecule is CCOC(=O)C1=C(c2ccccc2)N=c2sc(=Cc3ccc(-c4ccc(C)c(Cl)c4)o3)c(=O)n2C1c1ccc(Cl)cc1. The van der Waals surface area contributed by atoms with E-state index in [0.29, 0.717) is 42.2 Å². The summed E-state index contributed by atoms with van der Waals surface area (Å²) in [6, 6.07) is 25.1. The average Bonchev–Trinajstić information content (AvgIpc) is 3.59. The molecule has 1 unspecified atom stereocenters. The van der Waals surface area contributed by atoms with Gasteiger partial charge in [0.25, 0.3) is 5.56 Å². The highest BCUT2D eigenvalue weighted by Crippen LogP contribution is 2.35. The normalized spacial score (nSPS) is 15.0. The minimum absolute atomic E-state index is 0.176. The maximum absolute atomic E-state index is 14.0. The second-order valence-corrected chi connectivity index (χ2v) is 11.5. The number of aryl methyl sites for hydroxylation is 1. The predicted molar refractivity (Wildman–Crippen MR) is 166 cm³/mol. The Kier molecular flexibility index (Phi) is 7.73. The van der Waals surface area contributed by atoms with Crippen LogP contribution in [0.15, 0.2) is 105 Å². The van der Waals surface area contributed by atoms with E-state index >= 15 is 0 Å². The van der Waals surface area contributed by atoms with Crippen LogP contribution in [0.4, 0.5) is 0 Å². The monoisotopic (exact) mass is 614 g/mol. The number of thiazole rings is 1. The van der Waals surface area contributed by atoms with Crippen molar-refractivity contribution in [2.75, 3.05) is 6.61 Å². The Morgan fingerprint density at radius 1 is 1.02 bits per heavy atom. The number of hydrogen-bond donors (Lipinski definition) is 0. The first-order chi connectivity index (χ1) is 20.3. The molecule has 0 amide bonds. The lowest BCUT2D eigenvalue weighted by Gasteiger charge is -2.25. The third kappa shape index (κ3) is 5.27. The maximum Gasteiger partial charge on any atom is 0.338 e. The fourth-order valence-corrected chi connectivity index (χ4v) is 6.15.